The zero-order valence-electron chi connectivity index (χ0n) is 16.4. The van der Waals surface area contributed by atoms with Gasteiger partial charge in [0, 0.05) is 41.8 Å². The maximum absolute atomic E-state index is 12.5. The highest BCUT2D eigenvalue weighted by Crippen LogP contribution is 2.20. The van der Waals surface area contributed by atoms with Crippen molar-refractivity contribution in [2.24, 2.45) is 0 Å². The Morgan fingerprint density at radius 3 is 2.80 bits per heavy atom. The highest BCUT2D eigenvalue weighted by molar-refractivity contribution is 6.31. The third-order valence-corrected chi connectivity index (χ3v) is 5.30. The van der Waals surface area contributed by atoms with Crippen LogP contribution in [-0.4, -0.2) is 65.7 Å². The van der Waals surface area contributed by atoms with Gasteiger partial charge in [0.15, 0.2) is 0 Å². The molecular formula is C19H23ClF3N5O2. The fourth-order valence-electron chi connectivity index (χ4n) is 3.46. The SMILES string of the molecule is CN(C(=O)NCc1cc2cc(Cl)ccc2[nH]1)[C@@H]1CCCN(C(=O)NCC(F)(F)F)C1. The molecular weight excluding hydrogens is 423 g/mol. The van der Waals surface area contributed by atoms with Gasteiger partial charge in [0.25, 0.3) is 0 Å². The van der Waals surface area contributed by atoms with Crippen molar-refractivity contribution in [3.63, 3.8) is 0 Å². The van der Waals surface area contributed by atoms with E-state index < -0.39 is 18.8 Å². The van der Waals surface area contributed by atoms with Crippen LogP contribution in [0.1, 0.15) is 18.5 Å². The van der Waals surface area contributed by atoms with E-state index in [4.69, 9.17) is 11.6 Å². The van der Waals surface area contributed by atoms with E-state index in [1.165, 1.54) is 9.80 Å². The molecule has 2 aromatic rings. The number of amides is 4. The van der Waals surface area contributed by atoms with E-state index in [1.54, 1.807) is 13.1 Å². The predicted molar refractivity (Wildman–Crippen MR) is 107 cm³/mol. The number of alkyl halides is 3. The number of carbonyl (C=O) groups is 2. The van der Waals surface area contributed by atoms with Gasteiger partial charge in [-0.15, -0.1) is 0 Å². The lowest BCUT2D eigenvalue weighted by atomic mass is 10.1. The highest BCUT2D eigenvalue weighted by Gasteiger charge is 2.32. The Morgan fingerprint density at radius 2 is 2.07 bits per heavy atom. The Bertz CT molecular complexity index is 917. The van der Waals surface area contributed by atoms with Crippen molar-refractivity contribution in [2.75, 3.05) is 26.7 Å². The molecule has 0 saturated carbocycles. The van der Waals surface area contributed by atoms with E-state index >= 15 is 0 Å². The first-order chi connectivity index (χ1) is 14.1. The molecule has 2 heterocycles. The summed E-state index contributed by atoms with van der Waals surface area (Å²) in [6.07, 6.45) is -3.20. The number of aromatic nitrogens is 1. The molecule has 0 radical (unpaired) electrons. The van der Waals surface area contributed by atoms with E-state index in [0.717, 1.165) is 16.6 Å². The molecule has 1 aromatic heterocycles. The number of fused-ring (bicyclic) bond motifs is 1. The van der Waals surface area contributed by atoms with Crippen LogP contribution in [0.4, 0.5) is 22.8 Å². The Balaban J connectivity index is 1.52. The second-order valence-electron chi connectivity index (χ2n) is 7.31. The topological polar surface area (TPSA) is 80.5 Å². The summed E-state index contributed by atoms with van der Waals surface area (Å²) in [5.41, 5.74) is 1.72. The molecule has 1 aliphatic heterocycles. The van der Waals surface area contributed by atoms with E-state index in [0.29, 0.717) is 24.4 Å². The second-order valence-corrected chi connectivity index (χ2v) is 7.75. The first-order valence-corrected chi connectivity index (χ1v) is 9.87. The van der Waals surface area contributed by atoms with Gasteiger partial charge in [0.1, 0.15) is 6.54 Å². The van der Waals surface area contributed by atoms with Gasteiger partial charge in [0.05, 0.1) is 12.6 Å². The predicted octanol–water partition coefficient (Wildman–Crippen LogP) is 3.70. The Kier molecular flexibility index (Phi) is 6.64. The maximum atomic E-state index is 12.5. The number of halogens is 4. The van der Waals surface area contributed by atoms with Crippen LogP contribution >= 0.6 is 11.6 Å². The summed E-state index contributed by atoms with van der Waals surface area (Å²) in [4.78, 5) is 30.5. The second kappa shape index (κ2) is 9.03. The fourth-order valence-corrected chi connectivity index (χ4v) is 3.64. The summed E-state index contributed by atoms with van der Waals surface area (Å²) in [5.74, 6) is 0. The van der Waals surface area contributed by atoms with Gasteiger partial charge in [-0.25, -0.2) is 9.59 Å². The number of piperidine rings is 1. The van der Waals surface area contributed by atoms with Crippen molar-refractivity contribution in [2.45, 2.75) is 31.6 Å². The molecule has 7 nitrogen and oxygen atoms in total. The lowest BCUT2D eigenvalue weighted by Gasteiger charge is -2.37. The molecule has 1 fully saturated rings. The minimum atomic E-state index is -4.46. The molecule has 3 N–H and O–H groups in total. The van der Waals surface area contributed by atoms with Crippen LogP contribution in [0, 0.1) is 0 Å². The first-order valence-electron chi connectivity index (χ1n) is 9.50. The average molecular weight is 446 g/mol. The average Bonchev–Trinajstić information content (AvgIpc) is 3.11. The van der Waals surface area contributed by atoms with Crippen molar-refractivity contribution in [3.05, 3.63) is 35.0 Å². The van der Waals surface area contributed by atoms with Gasteiger partial charge in [0.2, 0.25) is 0 Å². The number of benzene rings is 1. The van der Waals surface area contributed by atoms with E-state index in [9.17, 15) is 22.8 Å². The lowest BCUT2D eigenvalue weighted by Crippen LogP contribution is -2.54. The van der Waals surface area contributed by atoms with Crippen LogP contribution in [0.25, 0.3) is 10.9 Å². The maximum Gasteiger partial charge on any atom is 0.405 e. The summed E-state index contributed by atoms with van der Waals surface area (Å²) in [6, 6.07) is 5.97. The fraction of sp³-hybridized carbons (Fsp3) is 0.474. The molecule has 0 aliphatic carbocycles. The number of likely N-dealkylation sites (tertiary alicyclic amines) is 1. The number of hydrogen-bond acceptors (Lipinski definition) is 2. The van der Waals surface area contributed by atoms with E-state index in [2.05, 4.69) is 10.3 Å². The molecule has 11 heteroatoms. The molecule has 1 aromatic carbocycles. The smallest absolute Gasteiger partial charge is 0.357 e. The first kappa shape index (κ1) is 22.1. The van der Waals surface area contributed by atoms with Crippen molar-refractivity contribution in [1.82, 2.24) is 25.4 Å². The Morgan fingerprint density at radius 1 is 1.30 bits per heavy atom. The summed E-state index contributed by atoms with van der Waals surface area (Å²) in [6.45, 7) is -0.567. The molecule has 0 spiro atoms. The van der Waals surface area contributed by atoms with E-state index in [1.807, 2.05) is 23.5 Å². The van der Waals surface area contributed by atoms with Gasteiger partial charge in [-0.05, 0) is 37.1 Å². The van der Waals surface area contributed by atoms with Crippen LogP contribution in [0.15, 0.2) is 24.3 Å². The molecule has 30 heavy (non-hydrogen) atoms. The van der Waals surface area contributed by atoms with Crippen molar-refractivity contribution >= 4 is 34.6 Å². The monoisotopic (exact) mass is 445 g/mol. The van der Waals surface area contributed by atoms with Crippen LogP contribution < -0.4 is 10.6 Å². The number of hydrogen-bond donors (Lipinski definition) is 3. The number of H-pyrrole nitrogens is 1. The van der Waals surface area contributed by atoms with Gasteiger partial charge in [-0.1, -0.05) is 11.6 Å². The number of carbonyl (C=O) groups excluding carboxylic acids is 2. The lowest BCUT2D eigenvalue weighted by molar-refractivity contribution is -0.123. The number of likely N-dealkylation sites (N-methyl/N-ethyl adjacent to an activating group) is 1. The Hall–Kier alpha value is -2.62. The molecule has 3 rings (SSSR count). The molecule has 1 saturated heterocycles. The zero-order chi connectivity index (χ0) is 21.9. The van der Waals surface area contributed by atoms with Crippen molar-refractivity contribution < 1.29 is 22.8 Å². The largest absolute Gasteiger partial charge is 0.405 e. The number of nitrogens with zero attached hydrogens (tertiary/aromatic N) is 2. The van der Waals surface area contributed by atoms with Gasteiger partial charge in [-0.2, -0.15) is 13.2 Å². The summed E-state index contributed by atoms with van der Waals surface area (Å²) < 4.78 is 36.9. The number of aromatic amines is 1. The molecule has 4 amide bonds. The molecule has 1 atom stereocenters. The third kappa shape index (κ3) is 5.71. The van der Waals surface area contributed by atoms with Crippen molar-refractivity contribution in [3.8, 4) is 0 Å². The molecule has 1 aliphatic rings. The van der Waals surface area contributed by atoms with Gasteiger partial charge < -0.3 is 25.4 Å². The van der Waals surface area contributed by atoms with Gasteiger partial charge >= 0.3 is 18.2 Å². The van der Waals surface area contributed by atoms with Crippen LogP contribution in [0.5, 0.6) is 0 Å². The molecule has 0 unspecified atom stereocenters. The van der Waals surface area contributed by atoms with Crippen LogP contribution in [0.3, 0.4) is 0 Å². The zero-order valence-corrected chi connectivity index (χ0v) is 17.1. The van der Waals surface area contributed by atoms with Crippen molar-refractivity contribution in [1.29, 1.82) is 0 Å². The van der Waals surface area contributed by atoms with Crippen LogP contribution in [-0.2, 0) is 6.54 Å². The summed E-state index contributed by atoms with van der Waals surface area (Å²) in [7, 11) is 1.61. The Labute approximate surface area is 176 Å². The molecule has 164 valence electrons. The quantitative estimate of drug-likeness (QED) is 0.670. The summed E-state index contributed by atoms with van der Waals surface area (Å²) >= 11 is 5.98. The van der Waals surface area contributed by atoms with Crippen LogP contribution in [0.2, 0.25) is 5.02 Å². The minimum absolute atomic E-state index is 0.179. The number of rotatable bonds is 4. The molecule has 0 bridgehead atoms. The third-order valence-electron chi connectivity index (χ3n) is 5.06. The normalized spacial score (nSPS) is 17.1. The highest BCUT2D eigenvalue weighted by atomic mass is 35.5. The number of nitrogens with one attached hydrogen (secondary N) is 3. The minimum Gasteiger partial charge on any atom is -0.357 e. The number of urea groups is 2. The van der Waals surface area contributed by atoms with E-state index in [-0.39, 0.29) is 25.2 Å². The standard InChI is InChI=1S/C19H23ClF3N5O2/c1-27(15-3-2-6-28(10-15)18(30)25-11-19(21,22)23)17(29)24-9-14-8-12-7-13(20)4-5-16(12)26-14/h4-5,7-8,15,26H,2-3,6,9-11H2,1H3,(H,24,29)(H,25,30)/t15-/m1/s1. The van der Waals surface area contributed by atoms with Gasteiger partial charge in [-0.3, -0.25) is 0 Å². The summed E-state index contributed by atoms with van der Waals surface area (Å²) in [5, 5.41) is 6.25.